The Kier molecular flexibility index (Phi) is 3.53. The Morgan fingerprint density at radius 2 is 2.17 bits per heavy atom. The van der Waals surface area contributed by atoms with Gasteiger partial charge in [-0.15, -0.1) is 0 Å². The third-order valence-electron chi connectivity index (χ3n) is 3.43. The smallest absolute Gasteiger partial charge is 0.340 e. The van der Waals surface area contributed by atoms with Crippen LogP contribution in [0.4, 0.5) is 0 Å². The number of aromatic amines is 3. The van der Waals surface area contributed by atoms with Gasteiger partial charge in [0.1, 0.15) is 5.57 Å². The van der Waals surface area contributed by atoms with Gasteiger partial charge in [0.05, 0.1) is 18.1 Å². The second kappa shape index (κ2) is 5.52. The van der Waals surface area contributed by atoms with E-state index < -0.39 is 23.1 Å². The quantitative estimate of drug-likeness (QED) is 0.570. The van der Waals surface area contributed by atoms with Gasteiger partial charge in [-0.25, -0.2) is 9.59 Å². The number of hydrogen-bond donors (Lipinski definition) is 4. The molecule has 0 bridgehead atoms. The van der Waals surface area contributed by atoms with Crippen LogP contribution in [0.1, 0.15) is 24.1 Å². The van der Waals surface area contributed by atoms with Crippen molar-refractivity contribution in [1.82, 2.24) is 15.0 Å². The first-order valence-corrected chi connectivity index (χ1v) is 6.87. The molecule has 1 aliphatic heterocycles. The summed E-state index contributed by atoms with van der Waals surface area (Å²) in [6.07, 6.45) is 1.64. The van der Waals surface area contributed by atoms with Crippen LogP contribution >= 0.6 is 0 Å². The zero-order valence-corrected chi connectivity index (χ0v) is 12.1. The number of nitrogens with two attached hydrogens (primary N) is 1. The molecule has 23 heavy (non-hydrogen) atoms. The Morgan fingerprint density at radius 3 is 2.83 bits per heavy atom. The summed E-state index contributed by atoms with van der Waals surface area (Å²) in [6.45, 7) is 1.79. The third kappa shape index (κ3) is 2.41. The molecule has 0 aliphatic carbocycles. The Labute approximate surface area is 129 Å². The molecule has 0 saturated heterocycles. The molecule has 0 aromatic carbocycles. The summed E-state index contributed by atoms with van der Waals surface area (Å²) in [4.78, 5) is 43.4. The molecule has 3 heterocycles. The summed E-state index contributed by atoms with van der Waals surface area (Å²) >= 11 is 0. The Hall–Kier alpha value is -3.23. The second-order valence-electron chi connectivity index (χ2n) is 4.81. The summed E-state index contributed by atoms with van der Waals surface area (Å²) in [5, 5.41) is 0. The van der Waals surface area contributed by atoms with Crippen molar-refractivity contribution in [3.8, 4) is 5.88 Å². The average Bonchev–Trinajstić information content (AvgIpc) is 2.99. The fourth-order valence-corrected chi connectivity index (χ4v) is 2.53. The lowest BCUT2D eigenvalue weighted by Crippen LogP contribution is -2.35. The highest BCUT2D eigenvalue weighted by Gasteiger charge is 2.38. The standard InChI is InChI=1S/C14H14N4O5/c1-2-22-13(20)8-7(6-4-3-5-16-6)9-11(19)17-14(21)18-12(9)23-10(8)15/h3-5,7,16H,2,15H2,1H3,(H2,17,18,19,21)/t7-/m0/s1. The number of rotatable bonds is 3. The van der Waals surface area contributed by atoms with Crippen LogP contribution < -0.4 is 21.7 Å². The molecular formula is C14H14N4O5. The highest BCUT2D eigenvalue weighted by atomic mass is 16.5. The van der Waals surface area contributed by atoms with Crippen LogP contribution in [-0.2, 0) is 9.53 Å². The first-order valence-electron chi connectivity index (χ1n) is 6.87. The maximum atomic E-state index is 12.3. The number of fused-ring (bicyclic) bond motifs is 1. The van der Waals surface area contributed by atoms with Gasteiger partial charge in [0.25, 0.3) is 5.56 Å². The van der Waals surface area contributed by atoms with Crippen LogP contribution in [0.2, 0.25) is 0 Å². The SMILES string of the molecule is CCOC(=O)C1=C(N)Oc2[nH]c(=O)[nH]c(=O)c2[C@H]1c1ccc[nH]1. The fourth-order valence-electron chi connectivity index (χ4n) is 2.53. The van der Waals surface area contributed by atoms with E-state index in [0.717, 1.165) is 0 Å². The van der Waals surface area contributed by atoms with E-state index in [9.17, 15) is 14.4 Å². The highest BCUT2D eigenvalue weighted by Crippen LogP contribution is 2.38. The lowest BCUT2D eigenvalue weighted by Gasteiger charge is -2.25. The molecule has 0 fully saturated rings. The monoisotopic (exact) mass is 318 g/mol. The molecule has 1 atom stereocenters. The second-order valence-corrected chi connectivity index (χ2v) is 4.81. The molecule has 9 nitrogen and oxygen atoms in total. The third-order valence-corrected chi connectivity index (χ3v) is 3.43. The van der Waals surface area contributed by atoms with E-state index in [0.29, 0.717) is 5.69 Å². The minimum Gasteiger partial charge on any atom is -0.462 e. The highest BCUT2D eigenvalue weighted by molar-refractivity contribution is 5.92. The summed E-state index contributed by atoms with van der Waals surface area (Å²) < 4.78 is 10.3. The largest absolute Gasteiger partial charge is 0.462 e. The number of aromatic nitrogens is 3. The molecular weight excluding hydrogens is 304 g/mol. The van der Waals surface area contributed by atoms with Gasteiger partial charge in [-0.05, 0) is 19.1 Å². The van der Waals surface area contributed by atoms with Crippen molar-refractivity contribution in [3.05, 3.63) is 61.9 Å². The first kappa shape index (κ1) is 14.7. The predicted octanol–water partition coefficient (Wildman–Crippen LogP) is -0.351. The summed E-state index contributed by atoms with van der Waals surface area (Å²) in [5.74, 6) is -1.85. The molecule has 0 unspecified atom stereocenters. The maximum absolute atomic E-state index is 12.3. The van der Waals surface area contributed by atoms with E-state index in [1.807, 2.05) is 0 Å². The van der Waals surface area contributed by atoms with Gasteiger partial charge in [0.15, 0.2) is 0 Å². The van der Waals surface area contributed by atoms with E-state index >= 15 is 0 Å². The van der Waals surface area contributed by atoms with E-state index in [2.05, 4.69) is 15.0 Å². The zero-order valence-electron chi connectivity index (χ0n) is 12.1. The van der Waals surface area contributed by atoms with E-state index in [1.54, 1.807) is 25.3 Å². The van der Waals surface area contributed by atoms with Gasteiger partial charge in [0, 0.05) is 11.9 Å². The molecule has 0 radical (unpaired) electrons. The average molecular weight is 318 g/mol. The molecule has 0 amide bonds. The number of ether oxygens (including phenoxy) is 2. The van der Waals surface area contributed by atoms with Gasteiger partial charge in [-0.2, -0.15) is 0 Å². The fraction of sp³-hybridized carbons (Fsp3) is 0.214. The van der Waals surface area contributed by atoms with Crippen LogP contribution in [0.15, 0.2) is 39.4 Å². The van der Waals surface area contributed by atoms with Crippen molar-refractivity contribution in [3.63, 3.8) is 0 Å². The van der Waals surface area contributed by atoms with Gasteiger partial charge in [-0.1, -0.05) is 0 Å². The van der Waals surface area contributed by atoms with Crippen LogP contribution in [-0.4, -0.2) is 27.5 Å². The van der Waals surface area contributed by atoms with Crippen LogP contribution in [0.5, 0.6) is 5.88 Å². The molecule has 1 aliphatic rings. The molecule has 2 aromatic heterocycles. The normalized spacial score (nSPS) is 16.7. The van der Waals surface area contributed by atoms with E-state index in [1.165, 1.54) is 0 Å². The van der Waals surface area contributed by atoms with Crippen molar-refractivity contribution in [2.45, 2.75) is 12.8 Å². The molecule has 9 heteroatoms. The van der Waals surface area contributed by atoms with Crippen molar-refractivity contribution >= 4 is 5.97 Å². The lowest BCUT2D eigenvalue weighted by atomic mass is 9.88. The Morgan fingerprint density at radius 1 is 1.39 bits per heavy atom. The predicted molar refractivity (Wildman–Crippen MR) is 78.8 cm³/mol. The molecule has 5 N–H and O–H groups in total. The van der Waals surface area contributed by atoms with Gasteiger partial charge in [-0.3, -0.25) is 14.8 Å². The number of carbonyl (C=O) groups excluding carboxylic acids is 1. The van der Waals surface area contributed by atoms with E-state index in [4.69, 9.17) is 15.2 Å². The van der Waals surface area contributed by atoms with Crippen molar-refractivity contribution < 1.29 is 14.3 Å². The summed E-state index contributed by atoms with van der Waals surface area (Å²) in [5.41, 5.74) is 5.04. The Balaban J connectivity index is 2.26. The Bertz CT molecular complexity index is 891. The molecule has 2 aromatic rings. The number of H-pyrrole nitrogens is 3. The summed E-state index contributed by atoms with van der Waals surface area (Å²) in [7, 11) is 0. The lowest BCUT2D eigenvalue weighted by molar-refractivity contribution is -0.139. The number of carbonyl (C=O) groups is 1. The summed E-state index contributed by atoms with van der Waals surface area (Å²) in [6, 6.07) is 3.40. The maximum Gasteiger partial charge on any atom is 0.340 e. The topological polar surface area (TPSA) is 143 Å². The molecule has 0 saturated carbocycles. The molecule has 0 spiro atoms. The molecule has 3 rings (SSSR count). The van der Waals surface area contributed by atoms with Crippen molar-refractivity contribution in [2.75, 3.05) is 6.61 Å². The number of esters is 1. The first-order chi connectivity index (χ1) is 11.0. The van der Waals surface area contributed by atoms with Gasteiger partial charge in [0.2, 0.25) is 11.8 Å². The zero-order chi connectivity index (χ0) is 16.6. The van der Waals surface area contributed by atoms with Crippen LogP contribution in [0.25, 0.3) is 0 Å². The van der Waals surface area contributed by atoms with Gasteiger partial charge >= 0.3 is 11.7 Å². The minimum absolute atomic E-state index is 0.000603. The van der Waals surface area contributed by atoms with Crippen LogP contribution in [0.3, 0.4) is 0 Å². The van der Waals surface area contributed by atoms with Crippen LogP contribution in [0, 0.1) is 0 Å². The number of nitrogens with one attached hydrogen (secondary N) is 3. The minimum atomic E-state index is -0.839. The van der Waals surface area contributed by atoms with Crippen molar-refractivity contribution in [1.29, 1.82) is 0 Å². The number of hydrogen-bond acceptors (Lipinski definition) is 6. The van der Waals surface area contributed by atoms with Gasteiger partial charge < -0.3 is 20.2 Å². The van der Waals surface area contributed by atoms with E-state index in [-0.39, 0.29) is 29.5 Å². The van der Waals surface area contributed by atoms with Crippen molar-refractivity contribution in [2.24, 2.45) is 5.73 Å². The molecule has 120 valence electrons.